The molecule has 6 nitrogen and oxygen atoms in total. The Morgan fingerprint density at radius 1 is 1.07 bits per heavy atom. The van der Waals surface area contributed by atoms with E-state index in [2.05, 4.69) is 15.9 Å². The molecule has 1 aromatic carbocycles. The van der Waals surface area contributed by atoms with Gasteiger partial charge in [-0.25, -0.2) is 4.39 Å². The van der Waals surface area contributed by atoms with Gasteiger partial charge in [-0.05, 0) is 40.2 Å². The molecule has 0 aliphatic carbocycles. The number of halogens is 3. The fourth-order valence-electron chi connectivity index (χ4n) is 2.86. The molecule has 2 heterocycles. The van der Waals surface area contributed by atoms with Gasteiger partial charge in [-0.3, -0.25) is 14.4 Å². The second kappa shape index (κ2) is 8.22. The number of hydrogen-bond donors (Lipinski definition) is 0. The lowest BCUT2D eigenvalue weighted by Crippen LogP contribution is -2.51. The molecule has 1 aliphatic heterocycles. The largest absolute Gasteiger partial charge is 0.338 e. The molecule has 0 atom stereocenters. The minimum Gasteiger partial charge on any atom is -0.338 e. The predicted octanol–water partition coefficient (Wildman–Crippen LogP) is 2.39. The maximum Gasteiger partial charge on any atom is 0.255 e. The summed E-state index contributed by atoms with van der Waals surface area (Å²) in [6.07, 6.45) is 1.57. The SMILES string of the molecule is O=C(Cn1cc(Br)ccc1=O)N1CCN(C(=O)c2ccc(F)cc2Cl)CC1. The topological polar surface area (TPSA) is 62.6 Å². The molecule has 1 aliphatic rings. The predicted molar refractivity (Wildman–Crippen MR) is 102 cm³/mol. The zero-order valence-corrected chi connectivity index (χ0v) is 16.5. The lowest BCUT2D eigenvalue weighted by molar-refractivity contribution is -0.133. The third-order valence-corrected chi connectivity index (χ3v) is 5.12. The van der Waals surface area contributed by atoms with Gasteiger partial charge in [-0.2, -0.15) is 0 Å². The first kappa shape index (κ1) is 19.6. The number of amides is 2. The van der Waals surface area contributed by atoms with Crippen LogP contribution in [0.4, 0.5) is 4.39 Å². The summed E-state index contributed by atoms with van der Waals surface area (Å²) >= 11 is 9.23. The number of hydrogen-bond acceptors (Lipinski definition) is 3. The van der Waals surface area contributed by atoms with Gasteiger partial charge in [0.2, 0.25) is 5.91 Å². The minimum absolute atomic E-state index is 0.0595. The van der Waals surface area contributed by atoms with Gasteiger partial charge in [-0.15, -0.1) is 0 Å². The average Bonchev–Trinajstić information content (AvgIpc) is 2.64. The van der Waals surface area contributed by atoms with E-state index in [1.165, 1.54) is 22.8 Å². The Hall–Kier alpha value is -2.19. The number of benzene rings is 1. The van der Waals surface area contributed by atoms with Gasteiger partial charge in [-0.1, -0.05) is 11.6 Å². The molecule has 0 unspecified atom stereocenters. The summed E-state index contributed by atoms with van der Waals surface area (Å²) in [6, 6.07) is 6.66. The number of piperazine rings is 1. The zero-order valence-electron chi connectivity index (χ0n) is 14.2. The highest BCUT2D eigenvalue weighted by molar-refractivity contribution is 9.10. The summed E-state index contributed by atoms with van der Waals surface area (Å²) < 4.78 is 15.2. The van der Waals surface area contributed by atoms with E-state index in [1.54, 1.807) is 22.1 Å². The smallest absolute Gasteiger partial charge is 0.255 e. The van der Waals surface area contributed by atoms with Crippen molar-refractivity contribution in [1.82, 2.24) is 14.4 Å². The molecule has 1 aromatic heterocycles. The van der Waals surface area contributed by atoms with Crippen molar-refractivity contribution in [2.24, 2.45) is 0 Å². The molecule has 2 aromatic rings. The Morgan fingerprint density at radius 3 is 2.41 bits per heavy atom. The van der Waals surface area contributed by atoms with Crippen molar-refractivity contribution in [3.8, 4) is 0 Å². The van der Waals surface area contributed by atoms with Crippen molar-refractivity contribution < 1.29 is 14.0 Å². The highest BCUT2D eigenvalue weighted by Crippen LogP contribution is 2.20. The lowest BCUT2D eigenvalue weighted by atomic mass is 10.1. The first-order chi connectivity index (χ1) is 12.8. The van der Waals surface area contributed by atoms with E-state index in [9.17, 15) is 18.8 Å². The van der Waals surface area contributed by atoms with E-state index >= 15 is 0 Å². The van der Waals surface area contributed by atoms with Crippen LogP contribution in [0.1, 0.15) is 10.4 Å². The fraction of sp³-hybridized carbons (Fsp3) is 0.278. The van der Waals surface area contributed by atoms with E-state index < -0.39 is 5.82 Å². The first-order valence-corrected chi connectivity index (χ1v) is 9.40. The number of pyridine rings is 1. The third kappa shape index (κ3) is 4.56. The summed E-state index contributed by atoms with van der Waals surface area (Å²) in [6.45, 7) is 1.33. The number of carbonyl (C=O) groups excluding carboxylic acids is 2. The van der Waals surface area contributed by atoms with E-state index in [4.69, 9.17) is 11.6 Å². The molecule has 142 valence electrons. The van der Waals surface area contributed by atoms with Crippen molar-refractivity contribution in [3.63, 3.8) is 0 Å². The van der Waals surface area contributed by atoms with Crippen LogP contribution in [-0.4, -0.2) is 52.4 Å². The van der Waals surface area contributed by atoms with Crippen LogP contribution in [0.15, 0.2) is 45.8 Å². The Kier molecular flexibility index (Phi) is 5.96. The van der Waals surface area contributed by atoms with Gasteiger partial charge in [0.1, 0.15) is 12.4 Å². The van der Waals surface area contributed by atoms with Crippen molar-refractivity contribution in [1.29, 1.82) is 0 Å². The Bertz CT molecular complexity index is 942. The van der Waals surface area contributed by atoms with Crippen LogP contribution < -0.4 is 5.56 Å². The quantitative estimate of drug-likeness (QED) is 0.712. The van der Waals surface area contributed by atoms with Gasteiger partial charge in [0, 0.05) is 42.9 Å². The Balaban J connectivity index is 1.61. The standard InChI is InChI=1S/C18H16BrClFN3O3/c19-12-1-4-16(25)24(10-12)11-17(26)22-5-7-23(8-6-22)18(27)14-3-2-13(21)9-15(14)20/h1-4,9-10H,5-8,11H2. The van der Waals surface area contributed by atoms with Gasteiger partial charge < -0.3 is 14.4 Å². The van der Waals surface area contributed by atoms with Crippen molar-refractivity contribution in [3.05, 3.63) is 67.8 Å². The van der Waals surface area contributed by atoms with Gasteiger partial charge >= 0.3 is 0 Å². The van der Waals surface area contributed by atoms with E-state index in [0.29, 0.717) is 30.7 Å². The molecule has 2 amide bonds. The maximum absolute atomic E-state index is 13.1. The molecule has 0 radical (unpaired) electrons. The number of nitrogens with zero attached hydrogens (tertiary/aromatic N) is 3. The van der Waals surface area contributed by atoms with Gasteiger partial charge in [0.05, 0.1) is 10.6 Å². The van der Waals surface area contributed by atoms with Crippen LogP contribution in [0.2, 0.25) is 5.02 Å². The zero-order chi connectivity index (χ0) is 19.6. The van der Waals surface area contributed by atoms with Crippen molar-refractivity contribution >= 4 is 39.3 Å². The molecular formula is C18H16BrClFN3O3. The highest BCUT2D eigenvalue weighted by atomic mass is 79.9. The molecule has 1 fully saturated rings. The van der Waals surface area contributed by atoms with Crippen molar-refractivity contribution in [2.45, 2.75) is 6.54 Å². The molecule has 0 bridgehead atoms. The fourth-order valence-corrected chi connectivity index (χ4v) is 3.49. The highest BCUT2D eigenvalue weighted by Gasteiger charge is 2.26. The average molecular weight is 457 g/mol. The summed E-state index contributed by atoms with van der Waals surface area (Å²) in [7, 11) is 0. The Labute approximate surface area is 168 Å². The second-order valence-electron chi connectivity index (χ2n) is 6.11. The number of rotatable bonds is 3. The summed E-state index contributed by atoms with van der Waals surface area (Å²) in [5.74, 6) is -0.993. The maximum atomic E-state index is 13.1. The van der Waals surface area contributed by atoms with Crippen LogP contribution in [0, 0.1) is 5.82 Å². The molecule has 9 heteroatoms. The summed E-state index contributed by atoms with van der Waals surface area (Å²) in [5.41, 5.74) is -0.0233. The number of carbonyl (C=O) groups is 2. The molecular weight excluding hydrogens is 441 g/mol. The second-order valence-corrected chi connectivity index (χ2v) is 7.43. The molecule has 0 N–H and O–H groups in total. The first-order valence-electron chi connectivity index (χ1n) is 8.23. The van der Waals surface area contributed by atoms with Crippen molar-refractivity contribution in [2.75, 3.05) is 26.2 Å². The van der Waals surface area contributed by atoms with Crippen LogP contribution in [0.3, 0.4) is 0 Å². The molecule has 1 saturated heterocycles. The third-order valence-electron chi connectivity index (χ3n) is 4.33. The molecule has 0 spiro atoms. The van der Waals surface area contributed by atoms with Crippen LogP contribution in [0.5, 0.6) is 0 Å². The molecule has 0 saturated carbocycles. The van der Waals surface area contributed by atoms with Crippen LogP contribution in [0.25, 0.3) is 0 Å². The van der Waals surface area contributed by atoms with Crippen LogP contribution in [-0.2, 0) is 11.3 Å². The Morgan fingerprint density at radius 2 is 1.74 bits per heavy atom. The normalized spacial score (nSPS) is 14.3. The van der Waals surface area contributed by atoms with E-state index in [0.717, 1.165) is 6.07 Å². The lowest BCUT2D eigenvalue weighted by Gasteiger charge is -2.35. The van der Waals surface area contributed by atoms with Gasteiger partial charge in [0.15, 0.2) is 0 Å². The van der Waals surface area contributed by atoms with Gasteiger partial charge in [0.25, 0.3) is 11.5 Å². The monoisotopic (exact) mass is 455 g/mol. The molecule has 3 rings (SSSR count). The minimum atomic E-state index is -0.505. The summed E-state index contributed by atoms with van der Waals surface area (Å²) in [5, 5.41) is 0.0625. The van der Waals surface area contributed by atoms with E-state index in [1.807, 2.05) is 0 Å². The van der Waals surface area contributed by atoms with Crippen LogP contribution >= 0.6 is 27.5 Å². The summed E-state index contributed by atoms with van der Waals surface area (Å²) in [4.78, 5) is 40.0. The number of aromatic nitrogens is 1. The van der Waals surface area contributed by atoms with E-state index in [-0.39, 0.29) is 34.5 Å². The molecule has 27 heavy (non-hydrogen) atoms.